The molecule has 0 saturated heterocycles. The average Bonchev–Trinajstić information content (AvgIpc) is 2.97. The zero-order valence-electron chi connectivity index (χ0n) is 10.1. The highest BCUT2D eigenvalue weighted by Crippen LogP contribution is 2.33. The molecule has 2 N–H and O–H groups in total. The van der Waals surface area contributed by atoms with Gasteiger partial charge in [0.2, 0.25) is 5.82 Å². The lowest BCUT2D eigenvalue weighted by atomic mass is 10.2. The summed E-state index contributed by atoms with van der Waals surface area (Å²) in [6.45, 7) is 2.00. The number of aryl methyl sites for hydroxylation is 1. The molecule has 19 heavy (non-hydrogen) atoms. The Morgan fingerprint density at radius 1 is 1.26 bits per heavy atom. The second-order valence-electron chi connectivity index (χ2n) is 4.07. The SMILES string of the molecule is Cc1cc(-c2nc(-c3ccc(Br)cc3)no2)c(N)s1. The van der Waals surface area contributed by atoms with Gasteiger partial charge in [-0.3, -0.25) is 0 Å². The third-order valence-electron chi connectivity index (χ3n) is 2.64. The quantitative estimate of drug-likeness (QED) is 0.765. The van der Waals surface area contributed by atoms with Crippen LogP contribution in [0.25, 0.3) is 22.8 Å². The maximum atomic E-state index is 5.93. The van der Waals surface area contributed by atoms with Gasteiger partial charge in [0.25, 0.3) is 5.89 Å². The topological polar surface area (TPSA) is 64.9 Å². The first-order valence-corrected chi connectivity index (χ1v) is 7.20. The zero-order valence-corrected chi connectivity index (χ0v) is 12.5. The lowest BCUT2D eigenvalue weighted by molar-refractivity contribution is 0.432. The molecule has 0 aliphatic carbocycles. The molecular formula is C13H10BrN3OS. The van der Waals surface area contributed by atoms with Gasteiger partial charge in [-0.05, 0) is 37.3 Å². The summed E-state index contributed by atoms with van der Waals surface area (Å²) in [6.07, 6.45) is 0. The fourth-order valence-corrected chi connectivity index (χ4v) is 2.79. The Labute approximate surface area is 122 Å². The number of nitrogens with zero attached hydrogens (tertiary/aromatic N) is 2. The highest BCUT2D eigenvalue weighted by Gasteiger charge is 2.15. The molecule has 0 radical (unpaired) electrons. The summed E-state index contributed by atoms with van der Waals surface area (Å²) in [6, 6.07) is 9.70. The third-order valence-corrected chi connectivity index (χ3v) is 4.05. The van der Waals surface area contributed by atoms with E-state index < -0.39 is 0 Å². The van der Waals surface area contributed by atoms with E-state index >= 15 is 0 Å². The van der Waals surface area contributed by atoms with Crippen LogP contribution in [0.5, 0.6) is 0 Å². The molecule has 0 saturated carbocycles. The minimum absolute atomic E-state index is 0.458. The molecule has 0 fully saturated rings. The highest BCUT2D eigenvalue weighted by atomic mass is 79.9. The van der Waals surface area contributed by atoms with Crippen molar-refractivity contribution in [1.82, 2.24) is 10.1 Å². The fourth-order valence-electron chi connectivity index (χ4n) is 1.75. The molecule has 6 heteroatoms. The molecule has 96 valence electrons. The summed E-state index contributed by atoms with van der Waals surface area (Å²) in [5.41, 5.74) is 7.64. The van der Waals surface area contributed by atoms with Gasteiger partial charge in [-0.15, -0.1) is 11.3 Å². The molecule has 0 aliphatic heterocycles. The molecule has 0 aliphatic rings. The van der Waals surface area contributed by atoms with Crippen molar-refractivity contribution in [2.24, 2.45) is 0 Å². The van der Waals surface area contributed by atoms with Crippen molar-refractivity contribution in [3.8, 4) is 22.8 Å². The Kier molecular flexibility index (Phi) is 3.12. The molecule has 3 rings (SSSR count). The van der Waals surface area contributed by atoms with Crippen LogP contribution in [0.3, 0.4) is 0 Å². The smallest absolute Gasteiger partial charge is 0.261 e. The molecule has 0 spiro atoms. The van der Waals surface area contributed by atoms with Crippen LogP contribution in [0.2, 0.25) is 0 Å². The Bertz CT molecular complexity index is 718. The number of rotatable bonds is 2. The number of anilines is 1. The minimum atomic E-state index is 0.458. The van der Waals surface area contributed by atoms with E-state index in [9.17, 15) is 0 Å². The first-order chi connectivity index (χ1) is 9.13. The lowest BCUT2D eigenvalue weighted by Crippen LogP contribution is -1.84. The second-order valence-corrected chi connectivity index (χ2v) is 6.27. The van der Waals surface area contributed by atoms with E-state index in [4.69, 9.17) is 10.3 Å². The summed E-state index contributed by atoms with van der Waals surface area (Å²) < 4.78 is 6.30. The van der Waals surface area contributed by atoms with Gasteiger partial charge in [0, 0.05) is 14.9 Å². The molecule has 3 aromatic rings. The van der Waals surface area contributed by atoms with Crippen LogP contribution in [0.15, 0.2) is 39.3 Å². The van der Waals surface area contributed by atoms with Crippen LogP contribution in [0.1, 0.15) is 4.88 Å². The fraction of sp³-hybridized carbons (Fsp3) is 0.0769. The summed E-state index contributed by atoms with van der Waals surface area (Å²) in [5.74, 6) is 1.02. The molecule has 2 aromatic heterocycles. The van der Waals surface area contributed by atoms with Crippen LogP contribution < -0.4 is 5.73 Å². The van der Waals surface area contributed by atoms with Gasteiger partial charge in [0.15, 0.2) is 0 Å². The van der Waals surface area contributed by atoms with Gasteiger partial charge < -0.3 is 10.3 Å². The van der Waals surface area contributed by atoms with E-state index in [1.165, 1.54) is 11.3 Å². The lowest BCUT2D eigenvalue weighted by Gasteiger charge is -1.93. The van der Waals surface area contributed by atoms with Crippen molar-refractivity contribution in [2.45, 2.75) is 6.92 Å². The number of nitrogens with two attached hydrogens (primary N) is 1. The molecule has 1 aromatic carbocycles. The molecular weight excluding hydrogens is 326 g/mol. The largest absolute Gasteiger partial charge is 0.390 e. The monoisotopic (exact) mass is 335 g/mol. The Hall–Kier alpha value is -1.66. The third kappa shape index (κ3) is 2.41. The van der Waals surface area contributed by atoms with Gasteiger partial charge in [-0.25, -0.2) is 0 Å². The molecule has 0 amide bonds. The minimum Gasteiger partial charge on any atom is -0.390 e. The molecule has 0 atom stereocenters. The summed E-state index contributed by atoms with van der Waals surface area (Å²) in [4.78, 5) is 5.51. The van der Waals surface area contributed by atoms with Crippen molar-refractivity contribution in [1.29, 1.82) is 0 Å². The predicted octanol–water partition coefficient (Wildman–Crippen LogP) is 4.12. The number of halogens is 1. The van der Waals surface area contributed by atoms with Crippen molar-refractivity contribution in [2.75, 3.05) is 5.73 Å². The van der Waals surface area contributed by atoms with Gasteiger partial charge in [-0.2, -0.15) is 4.98 Å². The van der Waals surface area contributed by atoms with E-state index in [0.717, 1.165) is 20.5 Å². The standard InChI is InChI=1S/C13H10BrN3OS/c1-7-6-10(11(15)19-7)13-16-12(17-18-13)8-2-4-9(14)5-3-8/h2-6H,15H2,1H3. The van der Waals surface area contributed by atoms with E-state index in [2.05, 4.69) is 26.1 Å². The van der Waals surface area contributed by atoms with E-state index in [0.29, 0.717) is 16.7 Å². The molecule has 0 unspecified atom stereocenters. The van der Waals surface area contributed by atoms with E-state index in [-0.39, 0.29) is 0 Å². The Balaban J connectivity index is 1.99. The first-order valence-electron chi connectivity index (χ1n) is 5.59. The van der Waals surface area contributed by atoms with Crippen molar-refractivity contribution >= 4 is 32.3 Å². The summed E-state index contributed by atoms with van der Waals surface area (Å²) >= 11 is 4.91. The van der Waals surface area contributed by atoms with E-state index in [1.807, 2.05) is 37.3 Å². The van der Waals surface area contributed by atoms with Gasteiger partial charge >= 0.3 is 0 Å². The Morgan fingerprint density at radius 3 is 2.63 bits per heavy atom. The van der Waals surface area contributed by atoms with Gasteiger partial charge in [0.1, 0.15) is 0 Å². The summed E-state index contributed by atoms with van der Waals surface area (Å²) in [7, 11) is 0. The van der Waals surface area contributed by atoms with Crippen molar-refractivity contribution in [3.05, 3.63) is 39.7 Å². The number of benzene rings is 1. The zero-order chi connectivity index (χ0) is 13.4. The van der Waals surface area contributed by atoms with Crippen LogP contribution in [0.4, 0.5) is 5.00 Å². The maximum Gasteiger partial charge on any atom is 0.261 e. The molecule has 4 nitrogen and oxygen atoms in total. The van der Waals surface area contributed by atoms with Crippen molar-refractivity contribution in [3.63, 3.8) is 0 Å². The molecule has 2 heterocycles. The van der Waals surface area contributed by atoms with Gasteiger partial charge in [0.05, 0.1) is 10.6 Å². The normalized spacial score (nSPS) is 10.8. The van der Waals surface area contributed by atoms with Crippen LogP contribution in [-0.4, -0.2) is 10.1 Å². The number of nitrogen functional groups attached to an aromatic ring is 1. The number of thiophene rings is 1. The second kappa shape index (κ2) is 4.79. The average molecular weight is 336 g/mol. The maximum absolute atomic E-state index is 5.93. The number of hydrogen-bond donors (Lipinski definition) is 1. The van der Waals surface area contributed by atoms with Crippen molar-refractivity contribution < 1.29 is 4.52 Å². The van der Waals surface area contributed by atoms with Gasteiger partial charge in [-0.1, -0.05) is 21.1 Å². The number of aromatic nitrogens is 2. The highest BCUT2D eigenvalue weighted by molar-refractivity contribution is 9.10. The van der Waals surface area contributed by atoms with Crippen LogP contribution in [0, 0.1) is 6.92 Å². The molecule has 0 bridgehead atoms. The number of hydrogen-bond acceptors (Lipinski definition) is 5. The Morgan fingerprint density at radius 2 is 2.00 bits per heavy atom. The first kappa shape index (κ1) is 12.4. The summed E-state index contributed by atoms with van der Waals surface area (Å²) in [5, 5.41) is 4.69. The van der Waals surface area contributed by atoms with Crippen LogP contribution >= 0.6 is 27.3 Å². The predicted molar refractivity (Wildman–Crippen MR) is 79.9 cm³/mol. The van der Waals surface area contributed by atoms with Crippen LogP contribution in [-0.2, 0) is 0 Å². The van der Waals surface area contributed by atoms with E-state index in [1.54, 1.807) is 0 Å².